The number of ether oxygens (including phenoxy) is 3. The molecule has 0 aliphatic carbocycles. The molecule has 0 fully saturated rings. The summed E-state index contributed by atoms with van der Waals surface area (Å²) >= 11 is 0. The summed E-state index contributed by atoms with van der Waals surface area (Å²) in [6.07, 6.45) is 5.74. The second-order valence-corrected chi connectivity index (χ2v) is 5.83. The van der Waals surface area contributed by atoms with Crippen molar-refractivity contribution in [3.8, 4) is 23.3 Å². The number of nitrogens with one attached hydrogen (secondary N) is 1. The first kappa shape index (κ1) is 20.1. The number of anilines is 1. The SMILES string of the molecule is COc1ccc(CC(=O)Nc2cnn(CCCCC#N)c2)c(OC)c1OC. The van der Waals surface area contributed by atoms with Crippen LogP contribution in [-0.4, -0.2) is 37.0 Å². The Balaban J connectivity index is 2.00. The first-order chi connectivity index (χ1) is 13.1. The number of unbranched alkanes of at least 4 members (excludes halogenated alkanes) is 2. The van der Waals surface area contributed by atoms with E-state index in [0.717, 1.165) is 12.8 Å². The van der Waals surface area contributed by atoms with Gasteiger partial charge in [0.15, 0.2) is 11.5 Å². The highest BCUT2D eigenvalue weighted by Gasteiger charge is 2.18. The van der Waals surface area contributed by atoms with Crippen molar-refractivity contribution in [2.45, 2.75) is 32.2 Å². The van der Waals surface area contributed by atoms with Gasteiger partial charge in [-0.2, -0.15) is 10.4 Å². The van der Waals surface area contributed by atoms with Gasteiger partial charge in [0, 0.05) is 24.7 Å². The molecule has 1 N–H and O–H groups in total. The summed E-state index contributed by atoms with van der Waals surface area (Å²) in [5, 5.41) is 15.6. The summed E-state index contributed by atoms with van der Waals surface area (Å²) < 4.78 is 17.8. The van der Waals surface area contributed by atoms with Gasteiger partial charge in [0.1, 0.15) is 0 Å². The number of carbonyl (C=O) groups is 1. The molecule has 8 nitrogen and oxygen atoms in total. The first-order valence-electron chi connectivity index (χ1n) is 8.60. The summed E-state index contributed by atoms with van der Waals surface area (Å²) in [5.74, 6) is 1.27. The fraction of sp³-hybridized carbons (Fsp3) is 0.421. The normalized spacial score (nSPS) is 10.1. The van der Waals surface area contributed by atoms with Crippen molar-refractivity contribution in [2.24, 2.45) is 0 Å². The molecule has 0 aliphatic rings. The van der Waals surface area contributed by atoms with Crippen LogP contribution in [-0.2, 0) is 17.8 Å². The molecule has 27 heavy (non-hydrogen) atoms. The molecule has 1 heterocycles. The lowest BCUT2D eigenvalue weighted by atomic mass is 10.1. The van der Waals surface area contributed by atoms with Crippen LogP contribution in [0.2, 0.25) is 0 Å². The monoisotopic (exact) mass is 372 g/mol. The van der Waals surface area contributed by atoms with Gasteiger partial charge in [0.2, 0.25) is 11.7 Å². The van der Waals surface area contributed by atoms with Gasteiger partial charge in [-0.25, -0.2) is 0 Å². The molecule has 144 valence electrons. The van der Waals surface area contributed by atoms with Gasteiger partial charge in [0.25, 0.3) is 0 Å². The minimum Gasteiger partial charge on any atom is -0.493 e. The number of carbonyl (C=O) groups excluding carboxylic acids is 1. The van der Waals surface area contributed by atoms with Crippen molar-refractivity contribution in [1.82, 2.24) is 9.78 Å². The third-order valence-corrected chi connectivity index (χ3v) is 3.98. The van der Waals surface area contributed by atoms with Crippen LogP contribution in [0.5, 0.6) is 17.2 Å². The van der Waals surface area contributed by atoms with Crippen LogP contribution < -0.4 is 19.5 Å². The standard InChI is InChI=1S/C19H24N4O4/c1-25-16-8-7-14(18(26-2)19(16)27-3)11-17(24)22-15-12-21-23(13-15)10-6-4-5-9-20/h7-8,12-13H,4-6,10-11H2,1-3H3,(H,22,24). The second kappa shape index (κ2) is 10.1. The van der Waals surface area contributed by atoms with Gasteiger partial charge in [-0.3, -0.25) is 9.48 Å². The molecule has 1 aromatic carbocycles. The van der Waals surface area contributed by atoms with E-state index in [2.05, 4.69) is 16.5 Å². The van der Waals surface area contributed by atoms with Gasteiger partial charge in [-0.15, -0.1) is 0 Å². The summed E-state index contributed by atoms with van der Waals surface area (Å²) in [4.78, 5) is 12.4. The van der Waals surface area contributed by atoms with Gasteiger partial charge >= 0.3 is 0 Å². The van der Waals surface area contributed by atoms with Crippen LogP contribution >= 0.6 is 0 Å². The zero-order valence-corrected chi connectivity index (χ0v) is 15.8. The van der Waals surface area contributed by atoms with E-state index in [1.165, 1.54) is 14.2 Å². The quantitative estimate of drug-likeness (QED) is 0.644. The Morgan fingerprint density at radius 2 is 1.96 bits per heavy atom. The van der Waals surface area contributed by atoms with Crippen molar-refractivity contribution < 1.29 is 19.0 Å². The fourth-order valence-corrected chi connectivity index (χ4v) is 2.71. The van der Waals surface area contributed by atoms with E-state index in [1.54, 1.807) is 36.3 Å². The Hall–Kier alpha value is -3.21. The second-order valence-electron chi connectivity index (χ2n) is 5.83. The van der Waals surface area contributed by atoms with Gasteiger partial charge in [-0.1, -0.05) is 6.07 Å². The fourth-order valence-electron chi connectivity index (χ4n) is 2.71. The lowest BCUT2D eigenvalue weighted by Crippen LogP contribution is -2.15. The summed E-state index contributed by atoms with van der Waals surface area (Å²) in [6, 6.07) is 5.63. The highest BCUT2D eigenvalue weighted by Crippen LogP contribution is 2.39. The molecule has 2 aromatic rings. The van der Waals surface area contributed by atoms with E-state index in [9.17, 15) is 4.79 Å². The van der Waals surface area contributed by atoms with Gasteiger partial charge in [-0.05, 0) is 18.9 Å². The molecule has 0 atom stereocenters. The molecule has 0 saturated heterocycles. The van der Waals surface area contributed by atoms with E-state index in [4.69, 9.17) is 19.5 Å². The van der Waals surface area contributed by atoms with Crippen LogP contribution in [0.15, 0.2) is 24.5 Å². The zero-order valence-electron chi connectivity index (χ0n) is 15.8. The summed E-state index contributed by atoms with van der Waals surface area (Å²) in [5.41, 5.74) is 1.32. The molecule has 1 amide bonds. The number of rotatable bonds is 10. The van der Waals surface area contributed by atoms with E-state index < -0.39 is 0 Å². The van der Waals surface area contributed by atoms with Crippen LogP contribution in [0.1, 0.15) is 24.8 Å². The predicted molar refractivity (Wildman–Crippen MR) is 100 cm³/mol. The average molecular weight is 372 g/mol. The average Bonchev–Trinajstić information content (AvgIpc) is 3.11. The van der Waals surface area contributed by atoms with Gasteiger partial charge < -0.3 is 19.5 Å². The number of amides is 1. The Morgan fingerprint density at radius 3 is 2.63 bits per heavy atom. The van der Waals surface area contributed by atoms with E-state index >= 15 is 0 Å². The highest BCUT2D eigenvalue weighted by atomic mass is 16.5. The number of nitriles is 1. The molecule has 0 radical (unpaired) electrons. The molecule has 8 heteroatoms. The number of methoxy groups -OCH3 is 3. The lowest BCUT2D eigenvalue weighted by molar-refractivity contribution is -0.115. The van der Waals surface area contributed by atoms with Crippen LogP contribution in [0, 0.1) is 11.3 Å². The van der Waals surface area contributed by atoms with Crippen LogP contribution in [0.25, 0.3) is 0 Å². The molecule has 0 bridgehead atoms. The molecule has 0 unspecified atom stereocenters. The molecular weight excluding hydrogens is 348 g/mol. The maximum Gasteiger partial charge on any atom is 0.229 e. The molecule has 2 rings (SSSR count). The number of aryl methyl sites for hydroxylation is 1. The third kappa shape index (κ3) is 5.38. The molecule has 0 saturated carbocycles. The van der Waals surface area contributed by atoms with Crippen molar-refractivity contribution in [3.63, 3.8) is 0 Å². The van der Waals surface area contributed by atoms with E-state index in [-0.39, 0.29) is 12.3 Å². The first-order valence-corrected chi connectivity index (χ1v) is 8.60. The summed E-state index contributed by atoms with van der Waals surface area (Å²) in [7, 11) is 4.59. The number of nitrogens with zero attached hydrogens (tertiary/aromatic N) is 3. The Kier molecular flexibility index (Phi) is 7.49. The van der Waals surface area contributed by atoms with Crippen molar-refractivity contribution in [1.29, 1.82) is 5.26 Å². The highest BCUT2D eigenvalue weighted by molar-refractivity contribution is 5.92. The topological polar surface area (TPSA) is 98.4 Å². The van der Waals surface area contributed by atoms with Crippen LogP contribution in [0.3, 0.4) is 0 Å². The number of hydrogen-bond acceptors (Lipinski definition) is 6. The number of hydrogen-bond donors (Lipinski definition) is 1. The maximum absolute atomic E-state index is 12.4. The maximum atomic E-state index is 12.4. The Morgan fingerprint density at radius 1 is 1.19 bits per heavy atom. The Labute approximate surface area is 158 Å². The number of aromatic nitrogens is 2. The van der Waals surface area contributed by atoms with Crippen LogP contribution in [0.4, 0.5) is 5.69 Å². The smallest absolute Gasteiger partial charge is 0.229 e. The minimum absolute atomic E-state index is 0.122. The zero-order chi connectivity index (χ0) is 19.6. The molecule has 0 spiro atoms. The predicted octanol–water partition coefficient (Wildman–Crippen LogP) is 2.78. The van der Waals surface area contributed by atoms with E-state index in [1.807, 2.05) is 0 Å². The van der Waals surface area contributed by atoms with E-state index in [0.29, 0.717) is 41.5 Å². The number of benzene rings is 1. The lowest BCUT2D eigenvalue weighted by Gasteiger charge is -2.15. The molecule has 0 aliphatic heterocycles. The molecular formula is C19H24N4O4. The minimum atomic E-state index is -0.190. The van der Waals surface area contributed by atoms with Crippen molar-refractivity contribution in [2.75, 3.05) is 26.6 Å². The van der Waals surface area contributed by atoms with Crippen molar-refractivity contribution in [3.05, 3.63) is 30.1 Å². The van der Waals surface area contributed by atoms with Gasteiger partial charge in [0.05, 0.1) is 45.7 Å². The van der Waals surface area contributed by atoms with Crippen molar-refractivity contribution >= 4 is 11.6 Å². The third-order valence-electron chi connectivity index (χ3n) is 3.98. The largest absolute Gasteiger partial charge is 0.493 e. The molecule has 1 aromatic heterocycles. The Bertz CT molecular complexity index is 811. The summed E-state index contributed by atoms with van der Waals surface area (Å²) in [6.45, 7) is 0.709.